The lowest BCUT2D eigenvalue weighted by molar-refractivity contribution is -0.132. The summed E-state index contributed by atoms with van der Waals surface area (Å²) in [7, 11) is 0. The highest BCUT2D eigenvalue weighted by Crippen LogP contribution is 2.57. The normalized spacial score (nSPS) is 35.8. The molecule has 0 amide bonds. The van der Waals surface area contributed by atoms with E-state index in [4.69, 9.17) is 0 Å². The zero-order chi connectivity index (χ0) is 15.3. The monoisotopic (exact) mass is 276 g/mol. The smallest absolute Gasteiger partial charge is 0.159 e. The highest BCUT2D eigenvalue weighted by atomic mass is 16.1. The zero-order valence-electron chi connectivity index (χ0n) is 14.4. The molecule has 0 bridgehead atoms. The molecular weight excluding hydrogens is 244 g/mol. The first kappa shape index (κ1) is 15.8. The van der Waals surface area contributed by atoms with Crippen LogP contribution in [0.2, 0.25) is 0 Å². The molecule has 3 unspecified atom stereocenters. The molecule has 2 aliphatic rings. The van der Waals surface area contributed by atoms with Gasteiger partial charge in [-0.1, -0.05) is 54.5 Å². The summed E-state index contributed by atoms with van der Waals surface area (Å²) in [5.74, 6) is 1.66. The minimum atomic E-state index is 0.172. The quantitative estimate of drug-likeness (QED) is 0.638. The number of hydrogen-bond donors (Lipinski definition) is 0. The fraction of sp³-hybridized carbons (Fsp3) is 0.842. The van der Waals surface area contributed by atoms with E-state index in [1.165, 1.54) is 12.8 Å². The third kappa shape index (κ3) is 2.87. The molecule has 0 spiro atoms. The second-order valence-corrected chi connectivity index (χ2v) is 9.59. The summed E-state index contributed by atoms with van der Waals surface area (Å²) < 4.78 is 0. The van der Waals surface area contributed by atoms with Crippen molar-refractivity contribution >= 4 is 5.78 Å². The van der Waals surface area contributed by atoms with Crippen molar-refractivity contribution in [2.24, 2.45) is 34.0 Å². The second-order valence-electron chi connectivity index (χ2n) is 9.59. The molecule has 1 nitrogen and oxygen atoms in total. The van der Waals surface area contributed by atoms with Gasteiger partial charge in [-0.3, -0.25) is 4.79 Å². The molecule has 0 aromatic heterocycles. The molecule has 0 aromatic rings. The van der Waals surface area contributed by atoms with Crippen molar-refractivity contribution in [2.75, 3.05) is 0 Å². The van der Waals surface area contributed by atoms with E-state index in [-0.39, 0.29) is 22.2 Å². The molecule has 0 radical (unpaired) electrons. The van der Waals surface area contributed by atoms with Gasteiger partial charge in [0.05, 0.1) is 0 Å². The summed E-state index contributed by atoms with van der Waals surface area (Å²) in [6, 6.07) is 0. The van der Waals surface area contributed by atoms with E-state index in [0.717, 1.165) is 6.42 Å². The van der Waals surface area contributed by atoms with Crippen LogP contribution in [0.5, 0.6) is 0 Å². The molecule has 1 heteroatoms. The lowest BCUT2D eigenvalue weighted by Gasteiger charge is -2.54. The highest BCUT2D eigenvalue weighted by molar-refractivity contribution is 5.93. The Morgan fingerprint density at radius 1 is 1.20 bits per heavy atom. The summed E-state index contributed by atoms with van der Waals surface area (Å²) in [4.78, 5) is 12.6. The average Bonchev–Trinajstić information content (AvgIpc) is 2.25. The molecule has 2 rings (SSSR count). The Balaban J connectivity index is 2.40. The Morgan fingerprint density at radius 2 is 1.80 bits per heavy atom. The van der Waals surface area contributed by atoms with Crippen LogP contribution in [0.15, 0.2) is 12.2 Å². The number of carbonyl (C=O) groups is 1. The van der Waals surface area contributed by atoms with Crippen LogP contribution in [-0.2, 0) is 4.79 Å². The van der Waals surface area contributed by atoms with Gasteiger partial charge in [-0.2, -0.15) is 0 Å². The van der Waals surface area contributed by atoms with Gasteiger partial charge in [-0.25, -0.2) is 0 Å². The second kappa shape index (κ2) is 4.71. The van der Waals surface area contributed by atoms with Crippen molar-refractivity contribution in [3.05, 3.63) is 12.2 Å². The topological polar surface area (TPSA) is 17.1 Å². The Bertz CT molecular complexity index is 420. The highest BCUT2D eigenvalue weighted by Gasteiger charge is 2.52. The largest absolute Gasteiger partial charge is 0.295 e. The van der Waals surface area contributed by atoms with Gasteiger partial charge in [0, 0.05) is 5.92 Å². The van der Waals surface area contributed by atoms with Crippen LogP contribution in [0.1, 0.15) is 67.7 Å². The number of rotatable bonds is 1. The molecule has 114 valence electrons. The van der Waals surface area contributed by atoms with Gasteiger partial charge in [-0.05, 0) is 53.4 Å². The molecule has 0 aliphatic heterocycles. The molecule has 0 saturated heterocycles. The zero-order valence-corrected chi connectivity index (χ0v) is 14.4. The number of ketones is 1. The number of hydrogen-bond acceptors (Lipinski definition) is 1. The molecule has 2 aliphatic carbocycles. The van der Waals surface area contributed by atoms with Crippen molar-refractivity contribution in [2.45, 2.75) is 67.7 Å². The first-order chi connectivity index (χ1) is 8.94. The fourth-order valence-electron chi connectivity index (χ4n) is 4.48. The van der Waals surface area contributed by atoms with Gasteiger partial charge in [0.2, 0.25) is 0 Å². The SMILES string of the molecule is CC(C)(C)CC1C2C(=O)C=CC(C)(C)C2CCC1(C)C. The summed E-state index contributed by atoms with van der Waals surface area (Å²) in [5, 5.41) is 0. The first-order valence-electron chi connectivity index (χ1n) is 8.17. The maximum absolute atomic E-state index is 12.6. The van der Waals surface area contributed by atoms with E-state index >= 15 is 0 Å². The first-order valence-corrected chi connectivity index (χ1v) is 8.17. The van der Waals surface area contributed by atoms with E-state index < -0.39 is 0 Å². The molecular formula is C19H32O. The van der Waals surface area contributed by atoms with E-state index in [2.05, 4.69) is 54.5 Å². The van der Waals surface area contributed by atoms with Crippen LogP contribution in [0.4, 0.5) is 0 Å². The molecule has 1 saturated carbocycles. The number of fused-ring (bicyclic) bond motifs is 1. The van der Waals surface area contributed by atoms with Gasteiger partial charge in [0.25, 0.3) is 0 Å². The van der Waals surface area contributed by atoms with Crippen LogP contribution in [0.3, 0.4) is 0 Å². The van der Waals surface area contributed by atoms with Gasteiger partial charge >= 0.3 is 0 Å². The van der Waals surface area contributed by atoms with Gasteiger partial charge in [0.1, 0.15) is 0 Å². The summed E-state index contributed by atoms with van der Waals surface area (Å²) in [6.07, 6.45) is 7.62. The minimum absolute atomic E-state index is 0.172. The molecule has 3 atom stereocenters. The van der Waals surface area contributed by atoms with Gasteiger partial charge in [0.15, 0.2) is 5.78 Å². The van der Waals surface area contributed by atoms with E-state index in [9.17, 15) is 4.79 Å². The van der Waals surface area contributed by atoms with Crippen molar-refractivity contribution in [3.63, 3.8) is 0 Å². The van der Waals surface area contributed by atoms with E-state index in [1.807, 2.05) is 6.08 Å². The third-order valence-corrected chi connectivity index (χ3v) is 5.76. The summed E-state index contributed by atoms with van der Waals surface area (Å²) in [5.41, 5.74) is 0.742. The van der Waals surface area contributed by atoms with E-state index in [0.29, 0.717) is 17.6 Å². The van der Waals surface area contributed by atoms with Gasteiger partial charge in [-0.15, -0.1) is 0 Å². The van der Waals surface area contributed by atoms with Crippen molar-refractivity contribution in [1.82, 2.24) is 0 Å². The standard InChI is InChI=1S/C19H32O/c1-17(2,3)12-14-16-13(8-10-19(14,6)7)18(4,5)11-9-15(16)20/h9,11,13-14,16H,8,10,12H2,1-7H3. The van der Waals surface area contributed by atoms with Crippen LogP contribution in [-0.4, -0.2) is 5.78 Å². The molecule has 0 aromatic carbocycles. The van der Waals surface area contributed by atoms with Crippen molar-refractivity contribution < 1.29 is 4.79 Å². The summed E-state index contributed by atoms with van der Waals surface area (Å²) >= 11 is 0. The predicted octanol–water partition coefficient (Wildman–Crippen LogP) is 5.26. The lowest BCUT2D eigenvalue weighted by Crippen LogP contribution is -2.50. The van der Waals surface area contributed by atoms with Crippen LogP contribution >= 0.6 is 0 Å². The molecule has 1 fully saturated rings. The lowest BCUT2D eigenvalue weighted by atomic mass is 9.50. The Labute approximate surface area is 125 Å². The third-order valence-electron chi connectivity index (χ3n) is 5.76. The minimum Gasteiger partial charge on any atom is -0.295 e. The number of allylic oxidation sites excluding steroid dienone is 2. The Morgan fingerprint density at radius 3 is 2.35 bits per heavy atom. The molecule has 0 heterocycles. The van der Waals surface area contributed by atoms with Crippen molar-refractivity contribution in [1.29, 1.82) is 0 Å². The molecule has 0 N–H and O–H groups in total. The maximum Gasteiger partial charge on any atom is 0.159 e. The van der Waals surface area contributed by atoms with Crippen molar-refractivity contribution in [3.8, 4) is 0 Å². The van der Waals surface area contributed by atoms with Crippen LogP contribution in [0.25, 0.3) is 0 Å². The van der Waals surface area contributed by atoms with Crippen LogP contribution < -0.4 is 0 Å². The van der Waals surface area contributed by atoms with Gasteiger partial charge < -0.3 is 0 Å². The van der Waals surface area contributed by atoms with Crippen LogP contribution in [0, 0.1) is 34.0 Å². The maximum atomic E-state index is 12.6. The van der Waals surface area contributed by atoms with E-state index in [1.54, 1.807) is 0 Å². The summed E-state index contributed by atoms with van der Waals surface area (Å²) in [6.45, 7) is 16.3. The Hall–Kier alpha value is -0.590. The molecule has 20 heavy (non-hydrogen) atoms. The average molecular weight is 276 g/mol. The Kier molecular flexibility index (Phi) is 3.72. The predicted molar refractivity (Wildman–Crippen MR) is 85.5 cm³/mol. The number of carbonyl (C=O) groups excluding carboxylic acids is 1. The fourth-order valence-corrected chi connectivity index (χ4v) is 4.48.